The number of piperidine rings is 1. The van der Waals surface area contributed by atoms with E-state index >= 15 is 0 Å². The molecular formula is C18H27NO4. The minimum absolute atomic E-state index is 0.378. The summed E-state index contributed by atoms with van der Waals surface area (Å²) in [6.45, 7) is 5.68. The van der Waals surface area contributed by atoms with Gasteiger partial charge in [-0.2, -0.15) is 0 Å². The van der Waals surface area contributed by atoms with Gasteiger partial charge in [0.05, 0.1) is 18.6 Å². The highest BCUT2D eigenvalue weighted by atomic mass is 16.5. The second-order valence-corrected chi connectivity index (χ2v) is 6.53. The van der Waals surface area contributed by atoms with E-state index in [0.717, 1.165) is 23.3 Å². The second-order valence-electron chi connectivity index (χ2n) is 6.53. The first-order chi connectivity index (χ1) is 10.9. The van der Waals surface area contributed by atoms with E-state index in [0.29, 0.717) is 32.5 Å². The molecule has 1 aromatic rings. The van der Waals surface area contributed by atoms with Gasteiger partial charge in [-0.15, -0.1) is 0 Å². The van der Waals surface area contributed by atoms with Crippen molar-refractivity contribution in [3.63, 3.8) is 0 Å². The monoisotopic (exact) mass is 321 g/mol. The maximum atomic E-state index is 11.7. The van der Waals surface area contributed by atoms with Crippen molar-refractivity contribution < 1.29 is 19.7 Å². The molecule has 1 saturated heterocycles. The fourth-order valence-corrected chi connectivity index (χ4v) is 3.50. The van der Waals surface area contributed by atoms with Gasteiger partial charge < -0.3 is 14.9 Å². The summed E-state index contributed by atoms with van der Waals surface area (Å²) in [6, 6.07) is 6.07. The molecule has 1 aliphatic rings. The van der Waals surface area contributed by atoms with E-state index < -0.39 is 17.5 Å². The molecule has 0 aliphatic carbocycles. The van der Waals surface area contributed by atoms with E-state index in [2.05, 4.69) is 4.90 Å². The van der Waals surface area contributed by atoms with Crippen molar-refractivity contribution in [3.05, 3.63) is 29.3 Å². The summed E-state index contributed by atoms with van der Waals surface area (Å²) in [5, 5.41) is 20.1. The number of aryl methyl sites for hydroxylation is 1. The van der Waals surface area contributed by atoms with Crippen molar-refractivity contribution in [1.29, 1.82) is 0 Å². The molecule has 5 heteroatoms. The number of carboxylic acids is 1. The quantitative estimate of drug-likeness (QED) is 0.842. The average Bonchev–Trinajstić information content (AvgIpc) is 2.51. The molecule has 0 spiro atoms. The maximum Gasteiger partial charge on any atom is 0.312 e. The van der Waals surface area contributed by atoms with Gasteiger partial charge >= 0.3 is 5.97 Å². The SMILES string of the molecule is CCC[C@]1(C(=O)O)CCN(Cc2ccc(C)cc2OC)CC1O. The molecule has 2 N–H and O–H groups in total. The van der Waals surface area contributed by atoms with Crippen LogP contribution in [-0.2, 0) is 11.3 Å². The fourth-order valence-electron chi connectivity index (χ4n) is 3.50. The number of aliphatic carboxylic acids is 1. The van der Waals surface area contributed by atoms with Gasteiger partial charge in [-0.1, -0.05) is 25.5 Å². The van der Waals surface area contributed by atoms with Crippen LogP contribution in [-0.4, -0.2) is 47.4 Å². The number of carboxylic acid groups (broad SMARTS) is 1. The lowest BCUT2D eigenvalue weighted by atomic mass is 9.72. The summed E-state index contributed by atoms with van der Waals surface area (Å²) < 4.78 is 5.43. The highest BCUT2D eigenvalue weighted by molar-refractivity contribution is 5.75. The Kier molecular flexibility index (Phi) is 5.65. The van der Waals surface area contributed by atoms with E-state index in [1.165, 1.54) is 0 Å². The number of ether oxygens (including phenoxy) is 1. The van der Waals surface area contributed by atoms with E-state index in [4.69, 9.17) is 4.74 Å². The topological polar surface area (TPSA) is 70.0 Å². The number of aliphatic hydroxyl groups excluding tert-OH is 1. The van der Waals surface area contributed by atoms with Crippen molar-refractivity contribution >= 4 is 5.97 Å². The van der Waals surface area contributed by atoms with Gasteiger partial charge in [-0.25, -0.2) is 0 Å². The van der Waals surface area contributed by atoms with Crippen LogP contribution in [0.4, 0.5) is 0 Å². The zero-order valence-corrected chi connectivity index (χ0v) is 14.2. The number of benzene rings is 1. The Morgan fingerprint density at radius 2 is 2.22 bits per heavy atom. The van der Waals surface area contributed by atoms with Crippen molar-refractivity contribution in [2.24, 2.45) is 5.41 Å². The highest BCUT2D eigenvalue weighted by Crippen LogP contribution is 2.37. The number of carbonyl (C=O) groups is 1. The predicted molar refractivity (Wildman–Crippen MR) is 88.6 cm³/mol. The van der Waals surface area contributed by atoms with Crippen LogP contribution >= 0.6 is 0 Å². The standard InChI is InChI=1S/C18H27NO4/c1-4-7-18(17(21)22)8-9-19(12-16(18)20)11-14-6-5-13(2)10-15(14)23-3/h5-6,10,16,20H,4,7-9,11-12H2,1-3H3,(H,21,22)/t16?,18-/m0/s1. The molecular weight excluding hydrogens is 294 g/mol. The van der Waals surface area contributed by atoms with Gasteiger partial charge in [0.25, 0.3) is 0 Å². The molecule has 0 amide bonds. The molecule has 23 heavy (non-hydrogen) atoms. The summed E-state index contributed by atoms with van der Waals surface area (Å²) in [5.74, 6) is -0.0393. The molecule has 1 heterocycles. The molecule has 1 aromatic carbocycles. The molecule has 5 nitrogen and oxygen atoms in total. The molecule has 128 valence electrons. The first-order valence-corrected chi connectivity index (χ1v) is 8.20. The largest absolute Gasteiger partial charge is 0.496 e. The van der Waals surface area contributed by atoms with Gasteiger partial charge in [0, 0.05) is 18.7 Å². The van der Waals surface area contributed by atoms with Gasteiger partial charge in [0.1, 0.15) is 5.75 Å². The molecule has 0 bridgehead atoms. The van der Waals surface area contributed by atoms with Crippen LogP contribution in [0.2, 0.25) is 0 Å². The minimum Gasteiger partial charge on any atom is -0.496 e. The number of likely N-dealkylation sites (tertiary alicyclic amines) is 1. The van der Waals surface area contributed by atoms with Gasteiger partial charge in [-0.3, -0.25) is 9.69 Å². The maximum absolute atomic E-state index is 11.7. The summed E-state index contributed by atoms with van der Waals surface area (Å²) in [6.07, 6.45) is 0.913. The van der Waals surface area contributed by atoms with E-state index in [1.54, 1.807) is 7.11 Å². The van der Waals surface area contributed by atoms with Crippen LogP contribution in [0.1, 0.15) is 37.3 Å². The summed E-state index contributed by atoms with van der Waals surface area (Å²) in [7, 11) is 1.65. The van der Waals surface area contributed by atoms with Crippen LogP contribution in [0.3, 0.4) is 0 Å². The lowest BCUT2D eigenvalue weighted by molar-refractivity contribution is -0.164. The van der Waals surface area contributed by atoms with Crippen LogP contribution < -0.4 is 4.74 Å². The van der Waals surface area contributed by atoms with Crippen LogP contribution in [0.15, 0.2) is 18.2 Å². The molecule has 2 atom stereocenters. The number of rotatable bonds is 6. The number of nitrogens with zero attached hydrogens (tertiary/aromatic N) is 1. The van der Waals surface area contributed by atoms with Crippen molar-refractivity contribution in [2.75, 3.05) is 20.2 Å². The summed E-state index contributed by atoms with van der Waals surface area (Å²) in [4.78, 5) is 13.8. The van der Waals surface area contributed by atoms with Crippen LogP contribution in [0.25, 0.3) is 0 Å². The first kappa shape index (κ1) is 17.8. The molecule has 1 fully saturated rings. The van der Waals surface area contributed by atoms with Crippen LogP contribution in [0.5, 0.6) is 5.75 Å². The molecule has 2 rings (SSSR count). The van der Waals surface area contributed by atoms with E-state index in [-0.39, 0.29) is 0 Å². The number of methoxy groups -OCH3 is 1. The highest BCUT2D eigenvalue weighted by Gasteiger charge is 2.47. The number of β-amino-alcohol motifs (C(OH)–C–C–N with tert-alkyl or cyclic N) is 1. The molecule has 0 saturated carbocycles. The molecule has 0 radical (unpaired) electrons. The third-order valence-electron chi connectivity index (χ3n) is 4.90. The number of hydrogen-bond acceptors (Lipinski definition) is 4. The summed E-state index contributed by atoms with van der Waals surface area (Å²) >= 11 is 0. The second kappa shape index (κ2) is 7.32. The van der Waals surface area contributed by atoms with E-state index in [9.17, 15) is 15.0 Å². The Hall–Kier alpha value is -1.59. The first-order valence-electron chi connectivity index (χ1n) is 8.20. The summed E-state index contributed by atoms with van der Waals surface area (Å²) in [5.41, 5.74) is 1.20. The van der Waals surface area contributed by atoms with E-state index in [1.807, 2.05) is 32.0 Å². The molecule has 1 aliphatic heterocycles. The smallest absolute Gasteiger partial charge is 0.312 e. The molecule has 1 unspecified atom stereocenters. The van der Waals surface area contributed by atoms with Crippen molar-refractivity contribution in [3.8, 4) is 5.75 Å². The Morgan fingerprint density at radius 3 is 2.78 bits per heavy atom. The van der Waals surface area contributed by atoms with Gasteiger partial charge in [-0.05, 0) is 37.9 Å². The van der Waals surface area contributed by atoms with Crippen molar-refractivity contribution in [1.82, 2.24) is 4.90 Å². The Balaban J connectivity index is 2.10. The van der Waals surface area contributed by atoms with Crippen LogP contribution in [0, 0.1) is 12.3 Å². The Morgan fingerprint density at radius 1 is 1.48 bits per heavy atom. The number of hydrogen-bond donors (Lipinski definition) is 2. The average molecular weight is 321 g/mol. The minimum atomic E-state index is -0.997. The Bertz CT molecular complexity index is 560. The zero-order chi connectivity index (χ0) is 17.0. The lowest BCUT2D eigenvalue weighted by Gasteiger charge is -2.42. The van der Waals surface area contributed by atoms with Crippen molar-refractivity contribution in [2.45, 2.75) is 45.8 Å². The Labute approximate surface area is 137 Å². The fraction of sp³-hybridized carbons (Fsp3) is 0.611. The lowest BCUT2D eigenvalue weighted by Crippen LogP contribution is -2.54. The zero-order valence-electron chi connectivity index (χ0n) is 14.2. The third-order valence-corrected chi connectivity index (χ3v) is 4.90. The molecule has 0 aromatic heterocycles. The van der Waals surface area contributed by atoms with Gasteiger partial charge in [0.2, 0.25) is 0 Å². The third kappa shape index (κ3) is 3.67. The predicted octanol–water partition coefficient (Wildman–Crippen LogP) is 2.44. The normalized spacial score (nSPS) is 25.3. The van der Waals surface area contributed by atoms with Gasteiger partial charge in [0.15, 0.2) is 0 Å². The number of aliphatic hydroxyl groups is 1.